The third-order valence-electron chi connectivity index (χ3n) is 13.3. The fourth-order valence-corrected chi connectivity index (χ4v) is 8.24. The van der Waals surface area contributed by atoms with Crippen LogP contribution in [0.15, 0.2) is 0 Å². The van der Waals surface area contributed by atoms with Crippen molar-refractivity contribution in [2.75, 3.05) is 28.3 Å². The molecule has 0 aromatic carbocycles. The first-order chi connectivity index (χ1) is 37.8. The van der Waals surface area contributed by atoms with Crippen molar-refractivity contribution >= 4 is 71.2 Å². The number of carbonyl (C=O) groups is 12. The van der Waals surface area contributed by atoms with Crippen molar-refractivity contribution in [3.8, 4) is 0 Å². The highest BCUT2D eigenvalue weighted by Crippen LogP contribution is 2.16. The topological polar surface area (TPSA) is 344 Å². The predicted molar refractivity (Wildman–Crippen MR) is 308 cm³/mol. The van der Waals surface area contributed by atoms with E-state index in [-0.39, 0.29) is 93.3 Å². The van der Waals surface area contributed by atoms with Gasteiger partial charge in [0.1, 0.15) is 29.8 Å². The van der Waals surface area contributed by atoms with Gasteiger partial charge in [-0.25, -0.2) is 14.4 Å². The summed E-state index contributed by atoms with van der Waals surface area (Å²) in [5, 5.41) is 24.7. The molecule has 0 aliphatic carbocycles. The van der Waals surface area contributed by atoms with E-state index in [1.165, 1.54) is 19.1 Å². The summed E-state index contributed by atoms with van der Waals surface area (Å²) in [6.45, 7) is 27.7. The van der Waals surface area contributed by atoms with Crippen molar-refractivity contribution in [2.45, 2.75) is 229 Å². The van der Waals surface area contributed by atoms with Gasteiger partial charge in [-0.05, 0) is 76.0 Å². The van der Waals surface area contributed by atoms with Gasteiger partial charge < -0.3 is 67.0 Å². The van der Waals surface area contributed by atoms with Crippen LogP contribution < -0.4 is 47.9 Å². The van der Waals surface area contributed by atoms with Gasteiger partial charge in [0, 0.05) is 89.3 Å². The maximum atomic E-state index is 13.9. The third kappa shape index (κ3) is 30.5. The van der Waals surface area contributed by atoms with Crippen molar-refractivity contribution in [1.29, 1.82) is 0 Å². The molecule has 0 radical (unpaired) electrons. The molecule has 9 N–H and O–H groups in total. The zero-order chi connectivity index (χ0) is 63.5. The van der Waals surface area contributed by atoms with Crippen LogP contribution in [0, 0.1) is 35.5 Å². The molecular weight excluding hydrogens is 1060 g/mol. The van der Waals surface area contributed by atoms with Gasteiger partial charge in [-0.1, -0.05) is 83.1 Å². The van der Waals surface area contributed by atoms with Gasteiger partial charge in [0.15, 0.2) is 0 Å². The summed E-state index contributed by atoms with van der Waals surface area (Å²) in [6, 6.07) is -7.88. The first-order valence-electron chi connectivity index (χ1n) is 28.5. The van der Waals surface area contributed by atoms with Gasteiger partial charge in [-0.3, -0.25) is 43.2 Å². The lowest BCUT2D eigenvalue weighted by atomic mass is 9.98. The Morgan fingerprint density at radius 3 is 1.10 bits per heavy atom. The minimum absolute atomic E-state index is 0.0249. The number of nitrogens with one attached hydrogen (secondary N) is 9. The number of methoxy groups -OCH3 is 2. The van der Waals surface area contributed by atoms with E-state index in [0.29, 0.717) is 0 Å². The van der Waals surface area contributed by atoms with Crippen molar-refractivity contribution in [2.24, 2.45) is 35.5 Å². The number of ether oxygens (including phenoxy) is 3. The normalized spacial score (nSPS) is 14.9. The van der Waals surface area contributed by atoms with E-state index >= 15 is 0 Å². The Kier molecular flexibility index (Phi) is 33.9. The van der Waals surface area contributed by atoms with E-state index < -0.39 is 131 Å². The van der Waals surface area contributed by atoms with Crippen LogP contribution in [0.25, 0.3) is 0 Å². The van der Waals surface area contributed by atoms with Crippen molar-refractivity contribution in [3.05, 3.63) is 0 Å². The largest absolute Gasteiger partial charge is 0.467 e. The van der Waals surface area contributed by atoms with Crippen LogP contribution in [0.1, 0.15) is 169 Å². The number of alkyl carbamates (subject to hydrolysis) is 1. The van der Waals surface area contributed by atoms with Gasteiger partial charge in [-0.2, -0.15) is 0 Å². The van der Waals surface area contributed by atoms with Crippen LogP contribution in [0.3, 0.4) is 0 Å². The van der Waals surface area contributed by atoms with Gasteiger partial charge >= 0.3 is 18.0 Å². The second kappa shape index (κ2) is 36.8. The molecule has 25 heteroatoms. The van der Waals surface area contributed by atoms with Gasteiger partial charge in [0.25, 0.3) is 0 Å². The molecule has 0 saturated heterocycles. The van der Waals surface area contributed by atoms with Crippen LogP contribution >= 0.6 is 0 Å². The van der Waals surface area contributed by atoms with Crippen LogP contribution in [-0.2, 0) is 67.0 Å². The number of rotatable bonds is 35. The molecule has 0 aromatic heterocycles. The number of amides is 10. The molecule has 0 fully saturated rings. The first kappa shape index (κ1) is 75.4. The fraction of sp³-hybridized carbons (Fsp3) is 0.789. The Hall–Kier alpha value is -6.56. The Morgan fingerprint density at radius 1 is 0.390 bits per heavy atom. The van der Waals surface area contributed by atoms with E-state index in [0.717, 1.165) is 0 Å². The maximum absolute atomic E-state index is 13.9. The lowest BCUT2D eigenvalue weighted by Gasteiger charge is -2.27. The zero-order valence-corrected chi connectivity index (χ0v) is 52.6. The number of hydrogen-bond acceptors (Lipinski definition) is 15. The van der Waals surface area contributed by atoms with Crippen molar-refractivity contribution in [1.82, 2.24) is 52.8 Å². The Bertz CT molecular complexity index is 2140. The van der Waals surface area contributed by atoms with E-state index in [2.05, 4.69) is 47.9 Å². The van der Waals surface area contributed by atoms with Gasteiger partial charge in [0.2, 0.25) is 53.2 Å². The molecule has 25 nitrogen and oxygen atoms in total. The van der Waals surface area contributed by atoms with E-state index in [4.69, 9.17) is 14.2 Å². The van der Waals surface area contributed by atoms with E-state index in [1.807, 2.05) is 13.8 Å². The molecule has 9 atom stereocenters. The Labute approximate surface area is 486 Å². The first-order valence-corrected chi connectivity index (χ1v) is 28.5. The summed E-state index contributed by atoms with van der Waals surface area (Å²) < 4.78 is 15.1. The zero-order valence-electron chi connectivity index (χ0n) is 52.6. The molecule has 0 aliphatic rings. The number of hydrogen-bond donors (Lipinski definition) is 9. The molecule has 0 saturated carbocycles. The standard InChI is InChI=1S/C57H102N10O15/c1-30(2)39(28-46(73)59-37(26-45(72)62-40(31(3)4)29-47(74)67(17)18)21-23-41(68)63-48(32(5)6)52(75)65-50(34(9)10)54(77)80-19)61-43(70)25-36(13)58-44(71)27-38(60-56(79)82-57(14,15)16)22-24-42(69)64-49(33(7)8)53(76)66-51(35(11)12)55(78)81-20/h30-40,48-51H,21-29H2,1-20H3,(H,58,71)(H,59,73)(H,60,79)(H,61,70)(H,62,72)(H,63,68)(H,64,69)(H,65,75)(H,66,76)/t36-,37-,38-,39-,40-,48-,49-,50-,51-/m0/s1. The highest BCUT2D eigenvalue weighted by molar-refractivity contribution is 5.92. The summed E-state index contributed by atoms with van der Waals surface area (Å²) in [7, 11) is 5.62. The molecule has 10 amide bonds. The minimum atomic E-state index is -1.04. The summed E-state index contributed by atoms with van der Waals surface area (Å²) in [5.41, 5.74) is -0.892. The Balaban J connectivity index is 6.23. The van der Waals surface area contributed by atoms with E-state index in [1.54, 1.807) is 111 Å². The molecule has 0 aromatic rings. The SMILES string of the molecule is COC(=O)[C@@H](NC(=O)[C@@H](NC(=O)CC[C@@H](CC(=O)N[C@@H](CC(=O)N(C)C)C(C)C)NC(=O)C[C@H](NC(=O)C[C@H](C)NC(=O)C[C@H](CCC(=O)N[C@H](C(=O)N[C@H](C(=O)OC)C(C)C)C(C)C)NC(=O)OC(C)(C)C)C(C)C)C(C)C)C(C)C. The quantitative estimate of drug-likeness (QED) is 0.0325. The molecule has 0 rings (SSSR count). The minimum Gasteiger partial charge on any atom is -0.467 e. The molecule has 470 valence electrons. The van der Waals surface area contributed by atoms with Crippen LogP contribution in [0.5, 0.6) is 0 Å². The smallest absolute Gasteiger partial charge is 0.407 e. The Morgan fingerprint density at radius 2 is 0.744 bits per heavy atom. The summed E-state index contributed by atoms with van der Waals surface area (Å²) >= 11 is 0. The van der Waals surface area contributed by atoms with Crippen LogP contribution in [-0.4, -0.2) is 164 Å². The highest BCUT2D eigenvalue weighted by Gasteiger charge is 2.34. The molecule has 0 aliphatic heterocycles. The summed E-state index contributed by atoms with van der Waals surface area (Å²) in [6.07, 6.45) is -2.46. The maximum Gasteiger partial charge on any atom is 0.407 e. The van der Waals surface area contributed by atoms with E-state index in [9.17, 15) is 57.5 Å². The number of nitrogens with zero attached hydrogens (tertiary/aromatic N) is 1. The molecule has 82 heavy (non-hydrogen) atoms. The van der Waals surface area contributed by atoms with Gasteiger partial charge in [0.05, 0.1) is 14.2 Å². The highest BCUT2D eigenvalue weighted by atomic mass is 16.6. The molecule has 0 bridgehead atoms. The predicted octanol–water partition coefficient (Wildman–Crippen LogP) is 2.66. The lowest BCUT2D eigenvalue weighted by molar-refractivity contribution is -0.147. The van der Waals surface area contributed by atoms with Gasteiger partial charge in [-0.15, -0.1) is 0 Å². The summed E-state index contributed by atoms with van der Waals surface area (Å²) in [5.74, 6) is -7.76. The average molecular weight is 1170 g/mol. The summed E-state index contributed by atoms with van der Waals surface area (Å²) in [4.78, 5) is 160. The second-order valence-electron chi connectivity index (χ2n) is 24.4. The van der Waals surface area contributed by atoms with Crippen LogP contribution in [0.2, 0.25) is 0 Å². The van der Waals surface area contributed by atoms with Crippen LogP contribution in [0.4, 0.5) is 4.79 Å². The second-order valence-corrected chi connectivity index (χ2v) is 24.4. The molecular formula is C57H102N10O15. The number of carbonyl (C=O) groups excluding carboxylic acids is 12. The fourth-order valence-electron chi connectivity index (χ4n) is 8.24. The molecule has 0 heterocycles. The van der Waals surface area contributed by atoms with Crippen molar-refractivity contribution < 1.29 is 71.7 Å². The lowest BCUT2D eigenvalue weighted by Crippen LogP contribution is -2.55. The monoisotopic (exact) mass is 1170 g/mol. The number of esters is 2. The average Bonchev–Trinajstić information content (AvgIpc) is 3.40. The molecule has 0 spiro atoms. The third-order valence-corrected chi connectivity index (χ3v) is 13.3. The van der Waals surface area contributed by atoms with Crippen molar-refractivity contribution in [3.63, 3.8) is 0 Å². The molecule has 0 unspecified atom stereocenters.